The standard InChI is InChI=1S/C29H38F2N4O/c1-19-2-8-24(9-3-19)34-28(36)26-16-23(17-33-27(26)32)21-6-4-20(5-7-21)22-12-15-35(18-22)25-10-13-29(30,31)14-11-25/h4-7,16-17,19,22,24-25H,2-3,8-15,18H2,1H3,(H2,32,33)(H,34,36). The monoisotopic (exact) mass is 496 g/mol. The molecule has 194 valence electrons. The number of nitrogens with one attached hydrogen (secondary N) is 1. The minimum absolute atomic E-state index is 0.0169. The molecule has 36 heavy (non-hydrogen) atoms. The highest BCUT2D eigenvalue weighted by molar-refractivity contribution is 5.99. The van der Waals surface area contributed by atoms with Crippen molar-refractivity contribution in [3.63, 3.8) is 0 Å². The molecule has 1 aliphatic heterocycles. The van der Waals surface area contributed by atoms with Crippen molar-refractivity contribution in [2.75, 3.05) is 18.8 Å². The topological polar surface area (TPSA) is 71.2 Å². The van der Waals surface area contributed by atoms with Crippen molar-refractivity contribution in [2.45, 2.75) is 88.6 Å². The second kappa shape index (κ2) is 10.4. The van der Waals surface area contributed by atoms with Gasteiger partial charge in [-0.25, -0.2) is 13.8 Å². The lowest BCUT2D eigenvalue weighted by Crippen LogP contribution is -2.39. The zero-order valence-corrected chi connectivity index (χ0v) is 21.2. The zero-order chi connectivity index (χ0) is 25.3. The van der Waals surface area contributed by atoms with Crippen LogP contribution in [0.4, 0.5) is 14.6 Å². The molecule has 1 aromatic carbocycles. The summed E-state index contributed by atoms with van der Waals surface area (Å²) in [5.41, 5.74) is 9.64. The van der Waals surface area contributed by atoms with Gasteiger partial charge in [0.2, 0.25) is 5.92 Å². The molecule has 3 fully saturated rings. The van der Waals surface area contributed by atoms with E-state index in [1.165, 1.54) is 5.56 Å². The van der Waals surface area contributed by atoms with Gasteiger partial charge in [-0.3, -0.25) is 9.69 Å². The fourth-order valence-electron chi connectivity index (χ4n) is 6.21. The third-order valence-corrected chi connectivity index (χ3v) is 8.65. The first-order chi connectivity index (χ1) is 17.3. The second-order valence-electron chi connectivity index (χ2n) is 11.3. The van der Waals surface area contributed by atoms with E-state index in [2.05, 4.69) is 46.4 Å². The lowest BCUT2D eigenvalue weighted by molar-refractivity contribution is -0.0516. The average molecular weight is 497 g/mol. The third-order valence-electron chi connectivity index (χ3n) is 8.65. The van der Waals surface area contributed by atoms with Crippen molar-refractivity contribution in [1.29, 1.82) is 0 Å². The fraction of sp³-hybridized carbons (Fsp3) is 0.586. The van der Waals surface area contributed by atoms with Crippen LogP contribution in [0.25, 0.3) is 11.1 Å². The Kier molecular flexibility index (Phi) is 7.29. The maximum atomic E-state index is 13.5. The lowest BCUT2D eigenvalue weighted by atomic mass is 9.87. The van der Waals surface area contributed by atoms with Crippen LogP contribution in [0.3, 0.4) is 0 Å². The summed E-state index contributed by atoms with van der Waals surface area (Å²) >= 11 is 0. The van der Waals surface area contributed by atoms with Gasteiger partial charge in [0.1, 0.15) is 5.82 Å². The SMILES string of the molecule is CC1CCC(NC(=O)c2cc(-c3ccc(C4CCN(C5CCC(F)(F)CC5)C4)cc3)cnc2N)CC1. The molecule has 7 heteroatoms. The predicted molar refractivity (Wildman–Crippen MR) is 139 cm³/mol. The van der Waals surface area contributed by atoms with Crippen LogP contribution in [0.5, 0.6) is 0 Å². The molecule has 1 aromatic heterocycles. The molecule has 1 amide bonds. The number of nitrogen functional groups attached to an aromatic ring is 1. The van der Waals surface area contributed by atoms with Crippen LogP contribution in [0.15, 0.2) is 36.5 Å². The number of hydrogen-bond acceptors (Lipinski definition) is 4. The number of hydrogen-bond donors (Lipinski definition) is 2. The Morgan fingerprint density at radius 2 is 1.72 bits per heavy atom. The molecule has 2 heterocycles. The van der Waals surface area contributed by atoms with E-state index in [9.17, 15) is 13.6 Å². The first-order valence-corrected chi connectivity index (χ1v) is 13.6. The molecule has 5 nitrogen and oxygen atoms in total. The highest BCUT2D eigenvalue weighted by Crippen LogP contribution is 2.38. The first kappa shape index (κ1) is 25.1. The summed E-state index contributed by atoms with van der Waals surface area (Å²) in [6.07, 6.45) is 8.30. The van der Waals surface area contributed by atoms with Crippen molar-refractivity contribution in [3.05, 3.63) is 47.7 Å². The number of aromatic nitrogens is 1. The van der Waals surface area contributed by atoms with E-state index in [0.29, 0.717) is 24.3 Å². The predicted octanol–water partition coefficient (Wildman–Crippen LogP) is 6.01. The molecular weight excluding hydrogens is 458 g/mol. The molecule has 0 spiro atoms. The Hall–Kier alpha value is -2.54. The van der Waals surface area contributed by atoms with Gasteiger partial charge in [0.25, 0.3) is 5.91 Å². The molecule has 1 saturated heterocycles. The number of anilines is 1. The van der Waals surface area contributed by atoms with E-state index < -0.39 is 5.92 Å². The van der Waals surface area contributed by atoms with Crippen LogP contribution in [-0.4, -0.2) is 46.9 Å². The number of amides is 1. The Morgan fingerprint density at radius 1 is 1.03 bits per heavy atom. The molecule has 2 aliphatic carbocycles. The van der Waals surface area contributed by atoms with E-state index in [1.54, 1.807) is 6.20 Å². The number of alkyl halides is 2. The Balaban J connectivity index is 1.22. The van der Waals surface area contributed by atoms with Crippen LogP contribution < -0.4 is 11.1 Å². The van der Waals surface area contributed by atoms with Gasteiger partial charge in [-0.2, -0.15) is 0 Å². The van der Waals surface area contributed by atoms with Crippen LogP contribution in [0.1, 0.15) is 86.6 Å². The quantitative estimate of drug-likeness (QED) is 0.532. The number of nitrogens with zero attached hydrogens (tertiary/aromatic N) is 2. The minimum Gasteiger partial charge on any atom is -0.383 e. The molecule has 2 saturated carbocycles. The molecule has 2 aromatic rings. The van der Waals surface area contributed by atoms with E-state index in [4.69, 9.17) is 5.73 Å². The molecule has 3 N–H and O–H groups in total. The summed E-state index contributed by atoms with van der Waals surface area (Å²) in [4.78, 5) is 19.7. The van der Waals surface area contributed by atoms with E-state index in [0.717, 1.165) is 62.2 Å². The highest BCUT2D eigenvalue weighted by atomic mass is 19.3. The number of likely N-dealkylation sites (tertiary alicyclic amines) is 1. The molecule has 3 aliphatic rings. The van der Waals surface area contributed by atoms with Crippen molar-refractivity contribution >= 4 is 11.7 Å². The normalized spacial score (nSPS) is 27.1. The average Bonchev–Trinajstić information content (AvgIpc) is 3.36. The van der Waals surface area contributed by atoms with Gasteiger partial charge in [0.05, 0.1) is 5.56 Å². The van der Waals surface area contributed by atoms with E-state index in [-0.39, 0.29) is 36.7 Å². The summed E-state index contributed by atoms with van der Waals surface area (Å²) in [6.45, 7) is 4.17. The van der Waals surface area contributed by atoms with Crippen LogP contribution >= 0.6 is 0 Å². The number of nitrogens with two attached hydrogens (primary N) is 1. The van der Waals surface area contributed by atoms with E-state index >= 15 is 0 Å². The van der Waals surface area contributed by atoms with Crippen LogP contribution in [0.2, 0.25) is 0 Å². The maximum absolute atomic E-state index is 13.5. The zero-order valence-electron chi connectivity index (χ0n) is 21.2. The van der Waals surface area contributed by atoms with Crippen molar-refractivity contribution < 1.29 is 13.6 Å². The number of benzene rings is 1. The number of carbonyl (C=O) groups excluding carboxylic acids is 1. The van der Waals surface area contributed by atoms with Crippen LogP contribution in [-0.2, 0) is 0 Å². The summed E-state index contributed by atoms with van der Waals surface area (Å²) in [5.74, 6) is -1.22. The maximum Gasteiger partial charge on any atom is 0.255 e. The second-order valence-corrected chi connectivity index (χ2v) is 11.3. The van der Waals surface area contributed by atoms with Crippen LogP contribution in [0, 0.1) is 5.92 Å². The largest absolute Gasteiger partial charge is 0.383 e. The number of carbonyl (C=O) groups is 1. The van der Waals surface area contributed by atoms with E-state index in [1.807, 2.05) is 6.07 Å². The molecule has 0 radical (unpaired) electrons. The fourth-order valence-corrected chi connectivity index (χ4v) is 6.21. The molecule has 0 bridgehead atoms. The van der Waals surface area contributed by atoms with Gasteiger partial charge < -0.3 is 11.1 Å². The third kappa shape index (κ3) is 5.72. The molecule has 1 atom stereocenters. The molecule has 5 rings (SSSR count). The van der Waals surface area contributed by atoms with Gasteiger partial charge >= 0.3 is 0 Å². The van der Waals surface area contributed by atoms with Gasteiger partial charge in [-0.05, 0) is 80.5 Å². The minimum atomic E-state index is -2.47. The summed E-state index contributed by atoms with van der Waals surface area (Å²) in [7, 11) is 0. The summed E-state index contributed by atoms with van der Waals surface area (Å²) in [5, 5.41) is 3.15. The summed E-state index contributed by atoms with van der Waals surface area (Å²) in [6, 6.07) is 10.8. The number of halogens is 2. The van der Waals surface area contributed by atoms with Crippen molar-refractivity contribution in [1.82, 2.24) is 15.2 Å². The number of pyridine rings is 1. The first-order valence-electron chi connectivity index (χ1n) is 13.6. The molecule has 1 unspecified atom stereocenters. The van der Waals surface area contributed by atoms with Gasteiger partial charge in [-0.1, -0.05) is 31.2 Å². The highest BCUT2D eigenvalue weighted by Gasteiger charge is 2.38. The van der Waals surface area contributed by atoms with Crippen molar-refractivity contribution in [2.24, 2.45) is 5.92 Å². The summed E-state index contributed by atoms with van der Waals surface area (Å²) < 4.78 is 27.1. The smallest absolute Gasteiger partial charge is 0.255 e. The Labute approximate surface area is 212 Å². The lowest BCUT2D eigenvalue weighted by Gasteiger charge is -2.34. The Bertz CT molecular complexity index is 1060. The molecular formula is C29H38F2N4O. The van der Waals surface area contributed by atoms with Gasteiger partial charge in [0, 0.05) is 43.2 Å². The van der Waals surface area contributed by atoms with Gasteiger partial charge in [0.15, 0.2) is 0 Å². The van der Waals surface area contributed by atoms with Crippen molar-refractivity contribution in [3.8, 4) is 11.1 Å². The Morgan fingerprint density at radius 3 is 2.42 bits per heavy atom. The number of rotatable bonds is 5. The van der Waals surface area contributed by atoms with Gasteiger partial charge in [-0.15, -0.1) is 0 Å².